The number of nitrogens with one attached hydrogen (secondary N) is 1. The van der Waals surface area contributed by atoms with Crippen molar-refractivity contribution in [1.29, 1.82) is 0 Å². The Balaban J connectivity index is 1.92. The van der Waals surface area contributed by atoms with Gasteiger partial charge in [0.15, 0.2) is 0 Å². The summed E-state index contributed by atoms with van der Waals surface area (Å²) in [6.45, 7) is 2.55. The predicted molar refractivity (Wildman–Crippen MR) is 99.2 cm³/mol. The predicted octanol–water partition coefficient (Wildman–Crippen LogP) is -1.68. The molecule has 0 spiro atoms. The van der Waals surface area contributed by atoms with E-state index in [9.17, 15) is 9.59 Å². The van der Waals surface area contributed by atoms with E-state index in [0.717, 1.165) is 22.0 Å². The molecule has 0 amide bonds. The van der Waals surface area contributed by atoms with Crippen LogP contribution in [-0.4, -0.2) is 37.4 Å². The third-order valence-electron chi connectivity index (χ3n) is 3.87. The fourth-order valence-electron chi connectivity index (χ4n) is 2.45. The number of ether oxygens (including phenoxy) is 2. The molecule has 28 heavy (non-hydrogen) atoms. The van der Waals surface area contributed by atoms with Gasteiger partial charge in [-0.15, -0.1) is 0 Å². The molecule has 9 nitrogen and oxygen atoms in total. The molecule has 3 rings (SSSR count). The standard InChI is InChI=1S/C18H21IN5O4/c1-3-4-8-28-17-22-15(20)14-16(23-17)24(18(26)21-14)19-12-7-5-6-11(9-12)10-13(25)27-2/h5-7,9H,3-4,8,10H2,1-2H3,(H,21,26)(H2,20,22,23)/q-1. The molecule has 0 bridgehead atoms. The van der Waals surface area contributed by atoms with Gasteiger partial charge in [-0.05, 0) is 0 Å². The molecule has 3 aromatic rings. The van der Waals surface area contributed by atoms with Crippen molar-refractivity contribution in [2.75, 3.05) is 19.5 Å². The number of methoxy groups -OCH3 is 1. The second-order valence-corrected chi connectivity index (χ2v) is 8.66. The van der Waals surface area contributed by atoms with E-state index in [0.29, 0.717) is 17.8 Å². The van der Waals surface area contributed by atoms with Crippen molar-refractivity contribution in [3.05, 3.63) is 43.9 Å². The summed E-state index contributed by atoms with van der Waals surface area (Å²) in [5, 5.41) is 0. The molecule has 3 N–H and O–H groups in total. The van der Waals surface area contributed by atoms with E-state index >= 15 is 0 Å². The van der Waals surface area contributed by atoms with Crippen LogP contribution in [0.15, 0.2) is 29.1 Å². The average Bonchev–Trinajstić information content (AvgIpc) is 2.98. The number of esters is 1. The van der Waals surface area contributed by atoms with E-state index in [-0.39, 0.29) is 29.9 Å². The molecule has 0 atom stereocenters. The number of rotatable bonds is 8. The van der Waals surface area contributed by atoms with Crippen LogP contribution in [0.1, 0.15) is 25.3 Å². The van der Waals surface area contributed by atoms with Gasteiger partial charge in [0, 0.05) is 0 Å². The van der Waals surface area contributed by atoms with Crippen LogP contribution in [0, 0.1) is 3.57 Å². The van der Waals surface area contributed by atoms with Crippen LogP contribution in [0.2, 0.25) is 0 Å². The Hall–Kier alpha value is -2.63. The van der Waals surface area contributed by atoms with Crippen LogP contribution in [-0.2, 0) is 16.0 Å². The van der Waals surface area contributed by atoms with E-state index < -0.39 is 21.5 Å². The molecule has 0 aliphatic heterocycles. The molecule has 2 heterocycles. The fourth-order valence-corrected chi connectivity index (χ4v) is 4.83. The number of nitrogen functional groups attached to an aromatic ring is 1. The van der Waals surface area contributed by atoms with E-state index in [2.05, 4.69) is 21.9 Å². The van der Waals surface area contributed by atoms with Crippen molar-refractivity contribution in [2.45, 2.75) is 26.2 Å². The van der Waals surface area contributed by atoms with Crippen molar-refractivity contribution < 1.29 is 35.7 Å². The normalized spacial score (nSPS) is 11.1. The van der Waals surface area contributed by atoms with E-state index in [1.165, 1.54) is 7.11 Å². The number of carbonyl (C=O) groups excluding carboxylic acids is 1. The van der Waals surface area contributed by atoms with E-state index in [4.69, 9.17) is 15.2 Å². The van der Waals surface area contributed by atoms with Crippen molar-refractivity contribution in [2.24, 2.45) is 0 Å². The number of aromatic nitrogens is 4. The van der Waals surface area contributed by atoms with Gasteiger partial charge in [0.25, 0.3) is 0 Å². The first-order valence-electron chi connectivity index (χ1n) is 8.74. The van der Waals surface area contributed by atoms with E-state index in [1.54, 1.807) is 2.78 Å². The first-order valence-corrected chi connectivity index (χ1v) is 10.8. The molecule has 0 aliphatic carbocycles. The Morgan fingerprint density at radius 2 is 2.18 bits per heavy atom. The molecule has 0 saturated carbocycles. The van der Waals surface area contributed by atoms with Gasteiger partial charge in [-0.3, -0.25) is 0 Å². The summed E-state index contributed by atoms with van der Waals surface area (Å²) in [7, 11) is 1.36. The minimum absolute atomic E-state index is 0.162. The van der Waals surface area contributed by atoms with Gasteiger partial charge < -0.3 is 0 Å². The van der Waals surface area contributed by atoms with Gasteiger partial charge in [-0.1, -0.05) is 0 Å². The summed E-state index contributed by atoms with van der Waals surface area (Å²) in [4.78, 5) is 35.2. The molecule has 150 valence electrons. The Labute approximate surface area is 171 Å². The number of imidazole rings is 1. The van der Waals surface area contributed by atoms with Gasteiger partial charge in [-0.2, -0.15) is 0 Å². The number of nitrogens with two attached hydrogens (primary N) is 1. The zero-order valence-electron chi connectivity index (χ0n) is 15.6. The maximum atomic E-state index is 12.5. The summed E-state index contributed by atoms with van der Waals surface area (Å²) in [5.74, 6) is -0.134. The average molecular weight is 498 g/mol. The third-order valence-corrected chi connectivity index (χ3v) is 6.48. The SMILES string of the molecule is CCCCOc1nc(N)c2[nH]c(=O)n([I-]c3cccc(CC(=O)OC)c3)c2n1. The van der Waals surface area contributed by atoms with Crippen molar-refractivity contribution in [3.8, 4) is 6.01 Å². The van der Waals surface area contributed by atoms with Gasteiger partial charge in [-0.25, -0.2) is 0 Å². The number of aromatic amines is 1. The minimum atomic E-state index is -0.928. The third kappa shape index (κ3) is 4.61. The quantitative estimate of drug-likeness (QED) is 0.216. The number of fused-ring (bicyclic) bond motifs is 1. The Kier molecular flexibility index (Phi) is 6.49. The fraction of sp³-hybridized carbons (Fsp3) is 0.333. The monoisotopic (exact) mass is 498 g/mol. The zero-order valence-corrected chi connectivity index (χ0v) is 17.7. The first-order chi connectivity index (χ1) is 13.5. The zero-order chi connectivity index (χ0) is 20.1. The molecule has 10 heteroatoms. The molecular formula is C18H21IN5O4-. The van der Waals surface area contributed by atoms with Crippen LogP contribution in [0.4, 0.5) is 5.82 Å². The molecule has 0 fully saturated rings. The summed E-state index contributed by atoms with van der Waals surface area (Å²) in [6.07, 6.45) is 2.04. The molecule has 1 aromatic carbocycles. The number of anilines is 1. The second kappa shape index (κ2) is 9.04. The maximum absolute atomic E-state index is 12.5. The van der Waals surface area contributed by atoms with Crippen molar-refractivity contribution in [1.82, 2.24) is 17.7 Å². The number of halogens is 1. The van der Waals surface area contributed by atoms with Crippen molar-refractivity contribution >= 4 is 23.0 Å². The van der Waals surface area contributed by atoms with E-state index in [1.807, 2.05) is 24.3 Å². The number of hydrogen-bond acceptors (Lipinski definition) is 7. The Bertz CT molecular complexity index is 1050. The number of carbonyl (C=O) groups is 1. The van der Waals surface area contributed by atoms with Crippen LogP contribution in [0.25, 0.3) is 11.2 Å². The summed E-state index contributed by atoms with van der Waals surface area (Å²) >= 11 is -0.928. The van der Waals surface area contributed by atoms with Gasteiger partial charge in [0.05, 0.1) is 0 Å². The topological polar surface area (TPSA) is 125 Å². The first kappa shape index (κ1) is 20.1. The van der Waals surface area contributed by atoms with Gasteiger partial charge in [0.2, 0.25) is 0 Å². The number of hydrogen-bond donors (Lipinski definition) is 2. The Morgan fingerprint density at radius 3 is 2.93 bits per heavy atom. The summed E-state index contributed by atoms with van der Waals surface area (Å²) in [5.41, 5.74) is 7.33. The number of benzene rings is 1. The van der Waals surface area contributed by atoms with Crippen molar-refractivity contribution in [3.63, 3.8) is 0 Å². The number of nitrogens with zero attached hydrogens (tertiary/aromatic N) is 3. The van der Waals surface area contributed by atoms with Gasteiger partial charge >= 0.3 is 172 Å². The molecule has 0 aliphatic rings. The molecular weight excluding hydrogens is 477 g/mol. The van der Waals surface area contributed by atoms with Crippen LogP contribution >= 0.6 is 0 Å². The summed E-state index contributed by atoms with van der Waals surface area (Å²) in [6, 6.07) is 7.69. The summed E-state index contributed by atoms with van der Waals surface area (Å²) < 4.78 is 12.8. The number of unbranched alkanes of at least 4 members (excludes halogenated alkanes) is 1. The molecule has 0 saturated heterocycles. The van der Waals surface area contributed by atoms with Crippen LogP contribution in [0.3, 0.4) is 0 Å². The molecule has 0 radical (unpaired) electrons. The van der Waals surface area contributed by atoms with Gasteiger partial charge in [0.1, 0.15) is 0 Å². The molecule has 2 aromatic heterocycles. The van der Waals surface area contributed by atoms with Crippen LogP contribution < -0.4 is 37.6 Å². The Morgan fingerprint density at radius 1 is 1.36 bits per heavy atom. The van der Waals surface area contributed by atoms with Crippen LogP contribution in [0.5, 0.6) is 6.01 Å². The number of H-pyrrole nitrogens is 1. The molecule has 0 unspecified atom stereocenters. The second-order valence-electron chi connectivity index (χ2n) is 5.97.